The number of rotatable bonds is 3. The first-order valence-electron chi connectivity index (χ1n) is 4.67. The molecule has 0 nitrogen and oxygen atoms in total. The first-order valence-corrected chi connectivity index (χ1v) is 8.41. The second-order valence-electron chi connectivity index (χ2n) is 3.19. The van der Waals surface area contributed by atoms with Crippen molar-refractivity contribution in [3.8, 4) is 0 Å². The van der Waals surface area contributed by atoms with Gasteiger partial charge in [0.05, 0.1) is 0 Å². The fraction of sp³-hybridized carbons (Fsp3) is 0.800. The van der Waals surface area contributed by atoms with Gasteiger partial charge >= 0.3 is 0 Å². The standard InChI is InChI=1S/C10H18S3/c1-11-9-7-5-4-6-8(9)10(12-2)13-3/h9H,4-7H2,1-3H3. The molecule has 1 saturated carbocycles. The lowest BCUT2D eigenvalue weighted by atomic mass is 9.96. The van der Waals surface area contributed by atoms with Gasteiger partial charge in [-0.2, -0.15) is 11.8 Å². The van der Waals surface area contributed by atoms with Gasteiger partial charge in [0.15, 0.2) is 0 Å². The van der Waals surface area contributed by atoms with Crippen molar-refractivity contribution in [2.75, 3.05) is 18.8 Å². The van der Waals surface area contributed by atoms with E-state index in [2.05, 4.69) is 18.8 Å². The van der Waals surface area contributed by atoms with E-state index in [9.17, 15) is 0 Å². The smallest absolute Gasteiger partial charge is 0.0398 e. The molecule has 1 atom stereocenters. The van der Waals surface area contributed by atoms with Gasteiger partial charge in [-0.1, -0.05) is 6.42 Å². The summed E-state index contributed by atoms with van der Waals surface area (Å²) in [5.74, 6) is 0. The molecule has 0 heterocycles. The molecule has 3 heteroatoms. The van der Waals surface area contributed by atoms with Crippen molar-refractivity contribution >= 4 is 35.3 Å². The van der Waals surface area contributed by atoms with Crippen LogP contribution in [0.2, 0.25) is 0 Å². The molecule has 0 aromatic carbocycles. The predicted molar refractivity (Wildman–Crippen MR) is 69.8 cm³/mol. The second kappa shape index (κ2) is 6.31. The Kier molecular flexibility index (Phi) is 5.75. The van der Waals surface area contributed by atoms with Crippen LogP contribution in [0, 0.1) is 0 Å². The Balaban J connectivity index is 2.77. The number of hydrogen-bond acceptors (Lipinski definition) is 3. The van der Waals surface area contributed by atoms with Gasteiger partial charge in [0.25, 0.3) is 0 Å². The zero-order chi connectivity index (χ0) is 9.68. The summed E-state index contributed by atoms with van der Waals surface area (Å²) in [4.78, 5) is 0. The molecule has 0 radical (unpaired) electrons. The number of thioether (sulfide) groups is 3. The van der Waals surface area contributed by atoms with E-state index in [-0.39, 0.29) is 0 Å². The third-order valence-corrected chi connectivity index (χ3v) is 5.82. The average molecular weight is 234 g/mol. The Bertz CT molecular complexity index is 181. The van der Waals surface area contributed by atoms with Crippen molar-refractivity contribution in [3.05, 3.63) is 9.81 Å². The molecule has 0 aromatic rings. The molecule has 0 N–H and O–H groups in total. The summed E-state index contributed by atoms with van der Waals surface area (Å²) < 4.78 is 1.57. The summed E-state index contributed by atoms with van der Waals surface area (Å²) in [5, 5.41) is 0.809. The first kappa shape index (κ1) is 11.9. The van der Waals surface area contributed by atoms with Crippen molar-refractivity contribution in [2.45, 2.75) is 30.9 Å². The monoisotopic (exact) mass is 234 g/mol. The fourth-order valence-corrected chi connectivity index (χ4v) is 4.57. The molecule has 1 aliphatic carbocycles. The predicted octanol–water partition coefficient (Wildman–Crippen LogP) is 4.23. The topological polar surface area (TPSA) is 0 Å². The highest BCUT2D eigenvalue weighted by atomic mass is 32.2. The van der Waals surface area contributed by atoms with E-state index in [0.29, 0.717) is 0 Å². The largest absolute Gasteiger partial charge is 0.157 e. The normalized spacial score (nSPS) is 23.3. The highest BCUT2D eigenvalue weighted by Gasteiger charge is 2.20. The maximum absolute atomic E-state index is 2.24. The molecule has 0 bridgehead atoms. The molecular formula is C10H18S3. The van der Waals surface area contributed by atoms with Crippen LogP contribution < -0.4 is 0 Å². The number of hydrogen-bond donors (Lipinski definition) is 0. The van der Waals surface area contributed by atoms with Crippen LogP contribution in [0.1, 0.15) is 25.7 Å². The van der Waals surface area contributed by atoms with E-state index >= 15 is 0 Å². The lowest BCUT2D eigenvalue weighted by Gasteiger charge is -2.25. The third kappa shape index (κ3) is 3.14. The van der Waals surface area contributed by atoms with Gasteiger partial charge in [-0.05, 0) is 43.6 Å². The summed E-state index contributed by atoms with van der Waals surface area (Å²) in [6, 6.07) is 0. The average Bonchev–Trinajstić information content (AvgIpc) is 2.20. The molecule has 1 aliphatic rings. The Labute approximate surface area is 94.7 Å². The molecule has 13 heavy (non-hydrogen) atoms. The molecule has 1 fully saturated rings. The Hall–Kier alpha value is 0.790. The quantitative estimate of drug-likeness (QED) is 0.717. The van der Waals surface area contributed by atoms with Crippen LogP contribution in [0.4, 0.5) is 0 Å². The Morgan fingerprint density at radius 1 is 1.15 bits per heavy atom. The summed E-state index contributed by atoms with van der Waals surface area (Å²) in [6.07, 6.45) is 12.2. The van der Waals surface area contributed by atoms with Crippen LogP contribution in [-0.4, -0.2) is 24.0 Å². The summed E-state index contributed by atoms with van der Waals surface area (Å²) in [6.45, 7) is 0. The molecule has 76 valence electrons. The second-order valence-corrected chi connectivity index (χ2v) is 6.12. The summed E-state index contributed by atoms with van der Waals surface area (Å²) in [5.41, 5.74) is 1.72. The van der Waals surface area contributed by atoms with Gasteiger partial charge in [0.1, 0.15) is 0 Å². The summed E-state index contributed by atoms with van der Waals surface area (Å²) >= 11 is 5.88. The SMILES string of the molecule is CSC(SC)=C1CCCCC1SC. The Morgan fingerprint density at radius 2 is 1.85 bits per heavy atom. The molecule has 0 spiro atoms. The van der Waals surface area contributed by atoms with Crippen LogP contribution in [0.5, 0.6) is 0 Å². The lowest BCUT2D eigenvalue weighted by Crippen LogP contribution is -2.12. The van der Waals surface area contributed by atoms with Crippen LogP contribution in [0.15, 0.2) is 9.81 Å². The molecule has 1 rings (SSSR count). The first-order chi connectivity index (χ1) is 6.33. The minimum absolute atomic E-state index is 0.809. The van der Waals surface area contributed by atoms with E-state index in [1.165, 1.54) is 25.7 Å². The van der Waals surface area contributed by atoms with Crippen LogP contribution in [0.25, 0.3) is 0 Å². The van der Waals surface area contributed by atoms with Crippen molar-refractivity contribution < 1.29 is 0 Å². The van der Waals surface area contributed by atoms with E-state index in [4.69, 9.17) is 0 Å². The maximum Gasteiger partial charge on any atom is 0.0398 e. The van der Waals surface area contributed by atoms with Gasteiger partial charge in [-0.25, -0.2) is 0 Å². The van der Waals surface area contributed by atoms with E-state index in [1.807, 2.05) is 35.3 Å². The van der Waals surface area contributed by atoms with Gasteiger partial charge < -0.3 is 0 Å². The van der Waals surface area contributed by atoms with Gasteiger partial charge in [0, 0.05) is 9.49 Å². The van der Waals surface area contributed by atoms with Crippen molar-refractivity contribution in [3.63, 3.8) is 0 Å². The Morgan fingerprint density at radius 3 is 2.38 bits per heavy atom. The zero-order valence-corrected chi connectivity index (χ0v) is 11.1. The molecule has 0 amide bonds. The fourth-order valence-electron chi connectivity index (χ4n) is 1.82. The van der Waals surface area contributed by atoms with Gasteiger partial charge in [0.2, 0.25) is 0 Å². The lowest BCUT2D eigenvalue weighted by molar-refractivity contribution is 0.610. The highest BCUT2D eigenvalue weighted by Crippen LogP contribution is 2.39. The maximum atomic E-state index is 2.24. The van der Waals surface area contributed by atoms with Crippen molar-refractivity contribution in [2.24, 2.45) is 0 Å². The van der Waals surface area contributed by atoms with Gasteiger partial charge in [-0.3, -0.25) is 0 Å². The van der Waals surface area contributed by atoms with E-state index in [0.717, 1.165) is 5.25 Å². The minimum Gasteiger partial charge on any atom is -0.157 e. The highest BCUT2D eigenvalue weighted by molar-refractivity contribution is 8.21. The van der Waals surface area contributed by atoms with Crippen LogP contribution >= 0.6 is 35.3 Å². The molecule has 1 unspecified atom stereocenters. The van der Waals surface area contributed by atoms with Gasteiger partial charge in [-0.15, -0.1) is 23.5 Å². The minimum atomic E-state index is 0.809. The summed E-state index contributed by atoms with van der Waals surface area (Å²) in [7, 11) is 0. The third-order valence-electron chi connectivity index (χ3n) is 2.47. The van der Waals surface area contributed by atoms with Crippen molar-refractivity contribution in [1.82, 2.24) is 0 Å². The molecule has 0 aliphatic heterocycles. The zero-order valence-electron chi connectivity index (χ0n) is 8.63. The molecular weight excluding hydrogens is 216 g/mol. The molecule has 0 aromatic heterocycles. The van der Waals surface area contributed by atoms with Crippen LogP contribution in [0.3, 0.4) is 0 Å². The van der Waals surface area contributed by atoms with Crippen molar-refractivity contribution in [1.29, 1.82) is 0 Å². The molecule has 0 saturated heterocycles. The van der Waals surface area contributed by atoms with Crippen LogP contribution in [-0.2, 0) is 0 Å². The van der Waals surface area contributed by atoms with E-state index < -0.39 is 0 Å². The van der Waals surface area contributed by atoms with E-state index in [1.54, 1.807) is 9.81 Å².